The molecule has 0 fully saturated rings. The Hall–Kier alpha value is -2.46. The van der Waals surface area contributed by atoms with E-state index in [0.717, 1.165) is 12.1 Å². The molecular weight excluding hydrogens is 382 g/mol. The van der Waals surface area contributed by atoms with Crippen molar-refractivity contribution >= 4 is 33.0 Å². The van der Waals surface area contributed by atoms with Crippen molar-refractivity contribution in [3.63, 3.8) is 0 Å². The number of aromatic nitrogens is 1. The first kappa shape index (κ1) is 17.4. The monoisotopic (exact) mass is 390 g/mol. The number of anilines is 1. The molecule has 0 saturated heterocycles. The van der Waals surface area contributed by atoms with E-state index in [-0.39, 0.29) is 22.2 Å². The lowest BCUT2D eigenvalue weighted by Crippen LogP contribution is -2.26. The highest BCUT2D eigenvalue weighted by Gasteiger charge is 2.43. The summed E-state index contributed by atoms with van der Waals surface area (Å²) < 4.78 is 58.7. The maximum atomic E-state index is 12.9. The normalized spacial score (nSPS) is 15.0. The Kier molecular flexibility index (Phi) is 4.25. The molecule has 0 saturated carbocycles. The van der Waals surface area contributed by atoms with Crippen molar-refractivity contribution in [1.82, 2.24) is 4.98 Å². The first-order chi connectivity index (χ1) is 11.7. The van der Waals surface area contributed by atoms with E-state index in [9.17, 15) is 22.0 Å². The zero-order chi connectivity index (χ0) is 18.2. The SMILES string of the molecule is O=C(CS(=O)(=O)c1ncccc1Cl)Nc1ccc2c(c1)OC(F)(F)O2. The van der Waals surface area contributed by atoms with Crippen LogP contribution in [-0.2, 0) is 14.6 Å². The molecule has 1 aliphatic rings. The molecule has 25 heavy (non-hydrogen) atoms. The van der Waals surface area contributed by atoms with Gasteiger partial charge in [-0.05, 0) is 24.3 Å². The lowest BCUT2D eigenvalue weighted by atomic mass is 10.3. The van der Waals surface area contributed by atoms with E-state index < -0.39 is 32.8 Å². The second-order valence-electron chi connectivity index (χ2n) is 4.93. The molecule has 1 aliphatic heterocycles. The van der Waals surface area contributed by atoms with Crippen LogP contribution in [0.2, 0.25) is 5.02 Å². The summed E-state index contributed by atoms with van der Waals surface area (Å²) in [6.45, 7) is 0. The van der Waals surface area contributed by atoms with Crippen molar-refractivity contribution in [2.45, 2.75) is 11.3 Å². The van der Waals surface area contributed by atoms with Crippen molar-refractivity contribution in [2.24, 2.45) is 0 Å². The number of hydrogen-bond donors (Lipinski definition) is 1. The van der Waals surface area contributed by atoms with Gasteiger partial charge in [0.15, 0.2) is 16.5 Å². The van der Waals surface area contributed by atoms with Crippen LogP contribution in [-0.4, -0.2) is 31.4 Å². The van der Waals surface area contributed by atoms with Crippen molar-refractivity contribution in [1.29, 1.82) is 0 Å². The largest absolute Gasteiger partial charge is 0.586 e. The van der Waals surface area contributed by atoms with Crippen LogP contribution < -0.4 is 14.8 Å². The molecule has 0 atom stereocenters. The van der Waals surface area contributed by atoms with Crippen LogP contribution >= 0.6 is 11.6 Å². The van der Waals surface area contributed by atoms with Crippen LogP contribution in [0.1, 0.15) is 0 Å². The Labute approximate surface area is 145 Å². The minimum absolute atomic E-state index is 0.0624. The fourth-order valence-corrected chi connectivity index (χ4v) is 3.68. The van der Waals surface area contributed by atoms with E-state index in [1.165, 1.54) is 24.4 Å². The molecule has 3 rings (SSSR count). The van der Waals surface area contributed by atoms with Crippen LogP contribution in [0, 0.1) is 0 Å². The number of carbonyl (C=O) groups excluding carboxylic acids is 1. The van der Waals surface area contributed by atoms with Gasteiger partial charge in [-0.2, -0.15) is 0 Å². The van der Waals surface area contributed by atoms with Crippen molar-refractivity contribution in [3.8, 4) is 11.5 Å². The number of alkyl halides is 2. The Morgan fingerprint density at radius 3 is 2.68 bits per heavy atom. The number of halogens is 3. The summed E-state index contributed by atoms with van der Waals surface area (Å²) >= 11 is 5.77. The van der Waals surface area contributed by atoms with Gasteiger partial charge in [0.2, 0.25) is 15.7 Å². The van der Waals surface area contributed by atoms with Crippen LogP contribution in [0.4, 0.5) is 14.5 Å². The predicted octanol–water partition coefficient (Wildman–Crippen LogP) is 2.47. The highest BCUT2D eigenvalue weighted by Crippen LogP contribution is 2.42. The van der Waals surface area contributed by atoms with Gasteiger partial charge < -0.3 is 14.8 Å². The number of ether oxygens (including phenoxy) is 2. The zero-order valence-electron chi connectivity index (χ0n) is 12.2. The molecule has 0 aliphatic carbocycles. The molecule has 1 amide bonds. The lowest BCUT2D eigenvalue weighted by Gasteiger charge is -2.07. The third kappa shape index (κ3) is 3.80. The van der Waals surface area contributed by atoms with Gasteiger partial charge >= 0.3 is 6.29 Å². The molecule has 0 bridgehead atoms. The Morgan fingerprint density at radius 1 is 1.24 bits per heavy atom. The van der Waals surface area contributed by atoms with Gasteiger partial charge in [-0.25, -0.2) is 13.4 Å². The third-order valence-electron chi connectivity index (χ3n) is 3.03. The van der Waals surface area contributed by atoms with E-state index in [4.69, 9.17) is 11.6 Å². The number of carbonyl (C=O) groups is 1. The molecular formula is C14H9ClF2N2O5S. The summed E-state index contributed by atoms with van der Waals surface area (Å²) in [5.41, 5.74) is 0.0624. The van der Waals surface area contributed by atoms with E-state index in [0.29, 0.717) is 0 Å². The van der Waals surface area contributed by atoms with Gasteiger partial charge in [0.25, 0.3) is 0 Å². The number of hydrogen-bond acceptors (Lipinski definition) is 6. The number of amides is 1. The molecule has 0 spiro atoms. The van der Waals surface area contributed by atoms with Gasteiger partial charge in [0.1, 0.15) is 5.75 Å². The number of nitrogens with one attached hydrogen (secondary N) is 1. The van der Waals surface area contributed by atoms with Crippen molar-refractivity contribution in [2.75, 3.05) is 11.1 Å². The van der Waals surface area contributed by atoms with Crippen molar-refractivity contribution < 1.29 is 31.5 Å². The molecule has 1 N–H and O–H groups in total. The van der Waals surface area contributed by atoms with Crippen LogP contribution in [0.15, 0.2) is 41.6 Å². The summed E-state index contributed by atoms with van der Waals surface area (Å²) in [5, 5.41) is 1.75. The summed E-state index contributed by atoms with van der Waals surface area (Å²) in [5.74, 6) is -2.30. The van der Waals surface area contributed by atoms with E-state index in [1.807, 2.05) is 0 Å². The fraction of sp³-hybridized carbons (Fsp3) is 0.143. The molecule has 1 aromatic heterocycles. The maximum absolute atomic E-state index is 12.9. The number of nitrogens with zero attached hydrogens (tertiary/aromatic N) is 1. The second-order valence-corrected chi connectivity index (χ2v) is 7.24. The highest BCUT2D eigenvalue weighted by molar-refractivity contribution is 7.92. The molecule has 11 heteroatoms. The minimum Gasteiger partial charge on any atom is -0.395 e. The molecule has 1 aromatic carbocycles. The van der Waals surface area contributed by atoms with E-state index in [1.54, 1.807) is 0 Å². The Morgan fingerprint density at radius 2 is 1.96 bits per heavy atom. The molecule has 132 valence electrons. The molecule has 2 heterocycles. The van der Waals surface area contributed by atoms with Crippen LogP contribution in [0.3, 0.4) is 0 Å². The van der Waals surface area contributed by atoms with E-state index in [2.05, 4.69) is 19.8 Å². The second kappa shape index (κ2) is 6.12. The van der Waals surface area contributed by atoms with Crippen molar-refractivity contribution in [3.05, 3.63) is 41.6 Å². The van der Waals surface area contributed by atoms with Gasteiger partial charge in [-0.15, -0.1) is 8.78 Å². The minimum atomic E-state index is -4.07. The quantitative estimate of drug-likeness (QED) is 0.861. The summed E-state index contributed by atoms with van der Waals surface area (Å²) in [4.78, 5) is 15.6. The van der Waals surface area contributed by atoms with Gasteiger partial charge in [0, 0.05) is 18.0 Å². The first-order valence-electron chi connectivity index (χ1n) is 6.69. The average molecular weight is 391 g/mol. The number of fused-ring (bicyclic) bond motifs is 1. The lowest BCUT2D eigenvalue weighted by molar-refractivity contribution is -0.286. The summed E-state index contributed by atoms with van der Waals surface area (Å²) in [6, 6.07) is 6.30. The number of benzene rings is 1. The fourth-order valence-electron chi connectivity index (χ4n) is 2.06. The molecule has 0 unspecified atom stereocenters. The predicted molar refractivity (Wildman–Crippen MR) is 82.6 cm³/mol. The third-order valence-corrected chi connectivity index (χ3v) is 5.00. The topological polar surface area (TPSA) is 94.6 Å². The maximum Gasteiger partial charge on any atom is 0.586 e. The number of sulfone groups is 1. The smallest absolute Gasteiger partial charge is 0.395 e. The Balaban J connectivity index is 1.73. The van der Waals surface area contributed by atoms with Crippen LogP contribution in [0.25, 0.3) is 0 Å². The first-order valence-corrected chi connectivity index (χ1v) is 8.72. The number of pyridine rings is 1. The van der Waals surface area contributed by atoms with Crippen LogP contribution in [0.5, 0.6) is 11.5 Å². The zero-order valence-corrected chi connectivity index (χ0v) is 13.8. The van der Waals surface area contributed by atoms with E-state index >= 15 is 0 Å². The summed E-state index contributed by atoms with van der Waals surface area (Å²) in [7, 11) is -4.07. The number of rotatable bonds is 4. The standard InChI is InChI=1S/C14H9ClF2N2O5S/c15-9-2-1-5-18-13(9)25(21,22)7-12(20)19-8-3-4-10-11(6-8)24-14(16,17)23-10/h1-6H,7H2,(H,19,20). The summed E-state index contributed by atoms with van der Waals surface area (Å²) in [6.07, 6.45) is -2.56. The van der Waals surface area contributed by atoms with Gasteiger partial charge in [0.05, 0.1) is 5.02 Å². The molecule has 7 nitrogen and oxygen atoms in total. The van der Waals surface area contributed by atoms with Gasteiger partial charge in [-0.1, -0.05) is 11.6 Å². The molecule has 0 radical (unpaired) electrons. The highest BCUT2D eigenvalue weighted by atomic mass is 35.5. The Bertz CT molecular complexity index is 952. The molecule has 2 aromatic rings. The average Bonchev–Trinajstić information content (AvgIpc) is 2.80. The van der Waals surface area contributed by atoms with Gasteiger partial charge in [-0.3, -0.25) is 4.79 Å².